The molecule has 1 nitrogen and oxygen atoms in total. The van der Waals surface area contributed by atoms with Crippen LogP contribution in [-0.4, -0.2) is 4.98 Å². The average molecular weight is 266 g/mol. The molecular formula is C12H9BrFN. The molecule has 0 atom stereocenters. The van der Waals surface area contributed by atoms with Crippen molar-refractivity contribution in [1.82, 2.24) is 4.98 Å². The Balaban J connectivity index is 2.58. The quantitative estimate of drug-likeness (QED) is 0.754. The number of hydrogen-bond donors (Lipinski definition) is 0. The first kappa shape index (κ1) is 10.3. The largest absolute Gasteiger partial charge is 0.256 e. The highest BCUT2D eigenvalue weighted by Crippen LogP contribution is 2.24. The van der Waals surface area contributed by atoms with Crippen molar-refractivity contribution in [3.05, 3.63) is 54.0 Å². The Hall–Kier alpha value is -1.22. The molecule has 0 aliphatic rings. The molecule has 2 aromatic rings. The van der Waals surface area contributed by atoms with Crippen molar-refractivity contribution in [2.75, 3.05) is 0 Å². The van der Waals surface area contributed by atoms with Gasteiger partial charge in [0.2, 0.25) is 0 Å². The van der Waals surface area contributed by atoms with Crippen LogP contribution >= 0.6 is 15.9 Å². The molecule has 0 aliphatic carbocycles. The lowest BCUT2D eigenvalue weighted by Crippen LogP contribution is -1.94. The van der Waals surface area contributed by atoms with E-state index in [1.54, 1.807) is 0 Å². The minimum atomic E-state index is -0.222. The first-order chi connectivity index (χ1) is 7.33. The van der Waals surface area contributed by atoms with Crippen LogP contribution in [0.2, 0.25) is 0 Å². The van der Waals surface area contributed by atoms with Crippen LogP contribution in [0.1, 0.15) is 5.56 Å². The van der Waals surface area contributed by atoms with E-state index >= 15 is 0 Å². The normalized spacial score (nSPS) is 10.3. The predicted octanol–water partition coefficient (Wildman–Crippen LogP) is 3.78. The first-order valence-electron chi connectivity index (χ1n) is 4.57. The fourth-order valence-corrected chi connectivity index (χ4v) is 1.97. The van der Waals surface area contributed by atoms with Gasteiger partial charge in [0.1, 0.15) is 5.82 Å². The van der Waals surface area contributed by atoms with Crippen LogP contribution in [-0.2, 0) is 5.33 Å². The van der Waals surface area contributed by atoms with Gasteiger partial charge in [-0.3, -0.25) is 4.98 Å². The second-order valence-corrected chi connectivity index (χ2v) is 3.68. The van der Waals surface area contributed by atoms with E-state index in [1.807, 2.05) is 30.3 Å². The van der Waals surface area contributed by atoms with E-state index in [0.717, 1.165) is 5.56 Å². The Morgan fingerprint density at radius 3 is 2.53 bits per heavy atom. The minimum absolute atomic E-state index is 0.222. The maximum atomic E-state index is 13.5. The van der Waals surface area contributed by atoms with Crippen LogP contribution in [0.3, 0.4) is 0 Å². The summed E-state index contributed by atoms with van der Waals surface area (Å²) in [6.07, 6.45) is 1.49. The average Bonchev–Trinajstić information content (AvgIpc) is 2.30. The zero-order valence-electron chi connectivity index (χ0n) is 7.95. The molecule has 0 fully saturated rings. The molecule has 0 aliphatic heterocycles. The Morgan fingerprint density at radius 2 is 1.87 bits per heavy atom. The number of halogens is 2. The van der Waals surface area contributed by atoms with E-state index in [-0.39, 0.29) is 5.82 Å². The summed E-state index contributed by atoms with van der Waals surface area (Å²) in [7, 11) is 0. The molecule has 15 heavy (non-hydrogen) atoms. The summed E-state index contributed by atoms with van der Waals surface area (Å²) in [5.74, 6) is -0.222. The van der Waals surface area contributed by atoms with Crippen molar-refractivity contribution < 1.29 is 4.39 Å². The zero-order valence-corrected chi connectivity index (χ0v) is 9.54. The maximum absolute atomic E-state index is 13.5. The summed E-state index contributed by atoms with van der Waals surface area (Å²) in [6.45, 7) is 0. The number of nitrogens with zero attached hydrogens (tertiary/aromatic N) is 1. The van der Waals surface area contributed by atoms with Crippen LogP contribution < -0.4 is 0 Å². The molecule has 1 aromatic heterocycles. The second-order valence-electron chi connectivity index (χ2n) is 3.12. The highest BCUT2D eigenvalue weighted by molar-refractivity contribution is 9.08. The van der Waals surface area contributed by atoms with Crippen molar-refractivity contribution in [2.45, 2.75) is 5.33 Å². The molecular weight excluding hydrogens is 257 g/mol. The van der Waals surface area contributed by atoms with Gasteiger partial charge in [0.05, 0.1) is 5.69 Å². The monoisotopic (exact) mass is 265 g/mol. The van der Waals surface area contributed by atoms with Crippen LogP contribution in [0, 0.1) is 5.82 Å². The SMILES string of the molecule is Fc1ccnc(-c2ccccc2)c1CBr. The number of aromatic nitrogens is 1. The lowest BCUT2D eigenvalue weighted by molar-refractivity contribution is 0.616. The number of pyridine rings is 1. The smallest absolute Gasteiger partial charge is 0.130 e. The van der Waals surface area contributed by atoms with E-state index < -0.39 is 0 Å². The van der Waals surface area contributed by atoms with Gasteiger partial charge >= 0.3 is 0 Å². The van der Waals surface area contributed by atoms with E-state index in [1.165, 1.54) is 12.3 Å². The Bertz CT molecular complexity index is 456. The Morgan fingerprint density at radius 1 is 1.13 bits per heavy atom. The van der Waals surface area contributed by atoms with Crippen molar-refractivity contribution in [3.8, 4) is 11.3 Å². The summed E-state index contributed by atoms with van der Waals surface area (Å²) in [5.41, 5.74) is 2.24. The lowest BCUT2D eigenvalue weighted by atomic mass is 10.1. The van der Waals surface area contributed by atoms with Crippen molar-refractivity contribution in [3.63, 3.8) is 0 Å². The van der Waals surface area contributed by atoms with Gasteiger partial charge < -0.3 is 0 Å². The third kappa shape index (κ3) is 2.07. The van der Waals surface area contributed by atoms with Crippen LogP contribution in [0.15, 0.2) is 42.6 Å². The Labute approximate surface area is 96.1 Å². The van der Waals surface area contributed by atoms with Gasteiger partial charge in [-0.05, 0) is 6.07 Å². The maximum Gasteiger partial charge on any atom is 0.130 e. The summed E-state index contributed by atoms with van der Waals surface area (Å²) < 4.78 is 13.5. The summed E-state index contributed by atoms with van der Waals surface area (Å²) in [5, 5.41) is 0.469. The van der Waals surface area contributed by atoms with Gasteiger partial charge in [-0.25, -0.2) is 4.39 Å². The minimum Gasteiger partial charge on any atom is -0.256 e. The molecule has 0 amide bonds. The van der Waals surface area contributed by atoms with Crippen LogP contribution in [0.25, 0.3) is 11.3 Å². The molecule has 0 saturated heterocycles. The van der Waals surface area contributed by atoms with Gasteiger partial charge in [-0.1, -0.05) is 46.3 Å². The third-order valence-electron chi connectivity index (χ3n) is 2.18. The summed E-state index contributed by atoms with van der Waals surface area (Å²) in [6, 6.07) is 11.0. The number of benzene rings is 1. The van der Waals surface area contributed by atoms with Crippen LogP contribution in [0.4, 0.5) is 4.39 Å². The molecule has 3 heteroatoms. The first-order valence-corrected chi connectivity index (χ1v) is 5.70. The van der Waals surface area contributed by atoms with E-state index in [2.05, 4.69) is 20.9 Å². The fraction of sp³-hybridized carbons (Fsp3) is 0.0833. The third-order valence-corrected chi connectivity index (χ3v) is 2.74. The van der Waals surface area contributed by atoms with E-state index in [0.29, 0.717) is 16.6 Å². The van der Waals surface area contributed by atoms with E-state index in [4.69, 9.17) is 0 Å². The van der Waals surface area contributed by atoms with Crippen LogP contribution in [0.5, 0.6) is 0 Å². The van der Waals surface area contributed by atoms with Gasteiger partial charge in [0.25, 0.3) is 0 Å². The summed E-state index contributed by atoms with van der Waals surface area (Å²) in [4.78, 5) is 4.21. The molecule has 0 bridgehead atoms. The Kier molecular flexibility index (Phi) is 3.11. The standard InChI is InChI=1S/C12H9BrFN/c13-8-10-11(14)6-7-15-12(10)9-4-2-1-3-5-9/h1-7H,8H2. The molecule has 0 spiro atoms. The van der Waals surface area contributed by atoms with E-state index in [9.17, 15) is 4.39 Å². The molecule has 0 N–H and O–H groups in total. The van der Waals surface area contributed by atoms with Crippen molar-refractivity contribution >= 4 is 15.9 Å². The van der Waals surface area contributed by atoms with Crippen molar-refractivity contribution in [1.29, 1.82) is 0 Å². The molecule has 1 heterocycles. The number of alkyl halides is 1. The summed E-state index contributed by atoms with van der Waals surface area (Å²) >= 11 is 3.28. The zero-order chi connectivity index (χ0) is 10.7. The second kappa shape index (κ2) is 4.53. The molecule has 0 unspecified atom stereocenters. The van der Waals surface area contributed by atoms with Gasteiger partial charge in [-0.15, -0.1) is 0 Å². The highest BCUT2D eigenvalue weighted by Gasteiger charge is 2.09. The number of rotatable bonds is 2. The van der Waals surface area contributed by atoms with Crippen molar-refractivity contribution in [2.24, 2.45) is 0 Å². The predicted molar refractivity (Wildman–Crippen MR) is 62.3 cm³/mol. The molecule has 76 valence electrons. The van der Waals surface area contributed by atoms with Gasteiger partial charge in [0, 0.05) is 22.7 Å². The fourth-order valence-electron chi connectivity index (χ4n) is 1.44. The molecule has 1 aromatic carbocycles. The van der Waals surface area contributed by atoms with Gasteiger partial charge in [0.15, 0.2) is 0 Å². The number of hydrogen-bond acceptors (Lipinski definition) is 1. The molecule has 0 saturated carbocycles. The highest BCUT2D eigenvalue weighted by atomic mass is 79.9. The molecule has 2 rings (SSSR count). The molecule has 0 radical (unpaired) electrons. The van der Waals surface area contributed by atoms with Gasteiger partial charge in [-0.2, -0.15) is 0 Å². The topological polar surface area (TPSA) is 12.9 Å². The lowest BCUT2D eigenvalue weighted by Gasteiger charge is -2.06.